The summed E-state index contributed by atoms with van der Waals surface area (Å²) in [6.07, 6.45) is 0.131. The van der Waals surface area contributed by atoms with Gasteiger partial charge in [-0.3, -0.25) is 14.6 Å². The first kappa shape index (κ1) is 23.9. The minimum Gasteiger partial charge on any atom is -0.461 e. The number of carbonyl (C=O) groups is 1. The van der Waals surface area contributed by atoms with Crippen LogP contribution in [-0.4, -0.2) is 64.2 Å². The van der Waals surface area contributed by atoms with E-state index in [0.717, 1.165) is 47.4 Å². The molecule has 2 atom stereocenters. The molecule has 1 aromatic heterocycles. The predicted molar refractivity (Wildman–Crippen MR) is 145 cm³/mol. The number of nitrogens with zero attached hydrogens (tertiary/aromatic N) is 3. The van der Waals surface area contributed by atoms with Gasteiger partial charge in [0.2, 0.25) is 5.91 Å². The third kappa shape index (κ3) is 4.68. The maximum absolute atomic E-state index is 13.1. The first-order valence-electron chi connectivity index (χ1n) is 13.2. The number of aryl methyl sites for hydroxylation is 1. The molecule has 2 unspecified atom stereocenters. The van der Waals surface area contributed by atoms with Crippen molar-refractivity contribution >= 4 is 16.9 Å². The molecule has 6 rings (SSSR count). The Morgan fingerprint density at radius 1 is 0.892 bits per heavy atom. The number of rotatable bonds is 6. The normalized spacial score (nSPS) is 20.9. The molecule has 2 fully saturated rings. The second kappa shape index (κ2) is 10.1. The van der Waals surface area contributed by atoms with Gasteiger partial charge in [-0.15, -0.1) is 0 Å². The molecule has 37 heavy (non-hydrogen) atoms. The van der Waals surface area contributed by atoms with Gasteiger partial charge in [0.1, 0.15) is 17.6 Å². The maximum atomic E-state index is 13.1. The number of fused-ring (bicyclic) bond motifs is 2. The molecule has 2 aliphatic heterocycles. The summed E-state index contributed by atoms with van der Waals surface area (Å²) >= 11 is 0. The van der Waals surface area contributed by atoms with Crippen molar-refractivity contribution in [2.45, 2.75) is 38.7 Å². The Balaban J connectivity index is 1.16. The fraction of sp³-hybridized carbons (Fsp3) is 0.323. The molecule has 190 valence electrons. The van der Waals surface area contributed by atoms with Crippen LogP contribution in [0.1, 0.15) is 23.8 Å². The molecular weight excluding hydrogens is 462 g/mol. The summed E-state index contributed by atoms with van der Waals surface area (Å²) in [7, 11) is 0. The Labute approximate surface area is 217 Å². The van der Waals surface area contributed by atoms with E-state index in [1.54, 1.807) is 0 Å². The second-order valence-electron chi connectivity index (χ2n) is 10.1. The number of para-hydroxylation sites is 1. The average Bonchev–Trinajstić information content (AvgIpc) is 3.30. The lowest BCUT2D eigenvalue weighted by atomic mass is 10.0. The molecule has 0 spiro atoms. The van der Waals surface area contributed by atoms with Crippen LogP contribution in [0.3, 0.4) is 0 Å². The van der Waals surface area contributed by atoms with Crippen molar-refractivity contribution in [3.63, 3.8) is 0 Å². The number of hydrogen-bond donors (Lipinski definition) is 1. The average molecular weight is 496 g/mol. The molecule has 6 nitrogen and oxygen atoms in total. The summed E-state index contributed by atoms with van der Waals surface area (Å²) in [5.41, 5.74) is 5.57. The maximum Gasteiger partial charge on any atom is 0.237 e. The van der Waals surface area contributed by atoms with E-state index >= 15 is 0 Å². The molecule has 1 amide bonds. The third-order valence-corrected chi connectivity index (χ3v) is 7.81. The lowest BCUT2D eigenvalue weighted by molar-refractivity contribution is -0.167. The van der Waals surface area contributed by atoms with E-state index in [0.29, 0.717) is 19.6 Å². The van der Waals surface area contributed by atoms with Crippen molar-refractivity contribution < 1.29 is 14.3 Å². The largest absolute Gasteiger partial charge is 0.461 e. The zero-order valence-corrected chi connectivity index (χ0v) is 21.2. The number of carbonyl (C=O) groups excluding carboxylic acids is 1. The summed E-state index contributed by atoms with van der Waals surface area (Å²) in [6.45, 7) is 5.72. The van der Waals surface area contributed by atoms with Gasteiger partial charge in [0.25, 0.3) is 0 Å². The predicted octanol–water partition coefficient (Wildman–Crippen LogP) is 4.51. The van der Waals surface area contributed by atoms with Gasteiger partial charge in [-0.1, -0.05) is 79.7 Å². The van der Waals surface area contributed by atoms with Crippen LogP contribution in [0.5, 0.6) is 0 Å². The summed E-state index contributed by atoms with van der Waals surface area (Å²) in [5, 5.41) is 12.5. The summed E-state index contributed by atoms with van der Waals surface area (Å²) in [6, 6.07) is 26.6. The highest BCUT2D eigenvalue weighted by atomic mass is 16.3. The third-order valence-electron chi connectivity index (χ3n) is 7.81. The van der Waals surface area contributed by atoms with Gasteiger partial charge in [0.05, 0.1) is 12.6 Å². The Kier molecular flexibility index (Phi) is 6.55. The van der Waals surface area contributed by atoms with Crippen molar-refractivity contribution in [3.8, 4) is 11.1 Å². The summed E-state index contributed by atoms with van der Waals surface area (Å²) in [5.74, 6) is 1.11. The quantitative estimate of drug-likeness (QED) is 0.427. The molecule has 0 bridgehead atoms. The van der Waals surface area contributed by atoms with Crippen LogP contribution in [0, 0.1) is 0 Å². The van der Waals surface area contributed by atoms with E-state index in [9.17, 15) is 9.90 Å². The summed E-state index contributed by atoms with van der Waals surface area (Å²) < 4.78 is 6.11. The Bertz CT molecular complexity index is 1380. The standard InChI is InChI=1S/C31H33N3O3/c1-2-28-26(25-10-6-7-11-29(25)37-28)19-32-16-17-34-27(20-32)31(36)33(21-30(34)35)18-22-12-14-24(15-13-22)23-8-4-3-5-9-23/h3-15,27,31,36H,2,16-21H2,1H3. The minimum atomic E-state index is -0.707. The fourth-order valence-electron chi connectivity index (χ4n) is 5.83. The van der Waals surface area contributed by atoms with Crippen LogP contribution in [0.15, 0.2) is 83.3 Å². The highest BCUT2D eigenvalue weighted by Gasteiger charge is 2.42. The number of aliphatic hydroxyl groups excluding tert-OH is 1. The SMILES string of the molecule is CCc1oc2ccccc2c1CN1CCN2C(=O)CN(Cc3ccc(-c4ccccc4)cc3)C(O)C2C1. The van der Waals surface area contributed by atoms with Crippen LogP contribution in [0.25, 0.3) is 22.1 Å². The van der Waals surface area contributed by atoms with Crippen molar-refractivity contribution in [3.05, 3.63) is 95.7 Å². The molecule has 2 aliphatic rings. The van der Waals surface area contributed by atoms with Crippen LogP contribution in [0.4, 0.5) is 0 Å². The van der Waals surface area contributed by atoms with E-state index in [2.05, 4.69) is 54.3 Å². The Morgan fingerprint density at radius 2 is 1.62 bits per heavy atom. The van der Waals surface area contributed by atoms with E-state index in [1.165, 1.54) is 11.1 Å². The highest BCUT2D eigenvalue weighted by molar-refractivity contribution is 5.82. The van der Waals surface area contributed by atoms with E-state index in [4.69, 9.17) is 4.42 Å². The molecule has 0 saturated carbocycles. The minimum absolute atomic E-state index is 0.0962. The number of benzene rings is 3. The fourth-order valence-corrected chi connectivity index (χ4v) is 5.83. The number of aliphatic hydroxyl groups is 1. The van der Waals surface area contributed by atoms with Crippen LogP contribution >= 0.6 is 0 Å². The molecule has 2 saturated heterocycles. The monoisotopic (exact) mass is 495 g/mol. The topological polar surface area (TPSA) is 60.2 Å². The molecule has 0 radical (unpaired) electrons. The van der Waals surface area contributed by atoms with Crippen LogP contribution < -0.4 is 0 Å². The molecule has 0 aliphatic carbocycles. The van der Waals surface area contributed by atoms with Gasteiger partial charge in [-0.05, 0) is 22.8 Å². The van der Waals surface area contributed by atoms with Gasteiger partial charge in [-0.25, -0.2) is 0 Å². The van der Waals surface area contributed by atoms with E-state index < -0.39 is 6.23 Å². The van der Waals surface area contributed by atoms with E-state index in [-0.39, 0.29) is 18.5 Å². The molecule has 3 heterocycles. The molecule has 1 N–H and O–H groups in total. The molecule has 4 aromatic rings. The zero-order chi connectivity index (χ0) is 25.4. The summed E-state index contributed by atoms with van der Waals surface area (Å²) in [4.78, 5) is 19.2. The molecule has 6 heteroatoms. The molecular formula is C31H33N3O3. The van der Waals surface area contributed by atoms with Crippen molar-refractivity contribution in [2.24, 2.45) is 0 Å². The van der Waals surface area contributed by atoms with Crippen LogP contribution in [0.2, 0.25) is 0 Å². The van der Waals surface area contributed by atoms with Crippen molar-refractivity contribution in [1.29, 1.82) is 0 Å². The van der Waals surface area contributed by atoms with E-state index in [1.807, 2.05) is 46.2 Å². The van der Waals surface area contributed by atoms with Crippen LogP contribution in [-0.2, 0) is 24.3 Å². The van der Waals surface area contributed by atoms with Gasteiger partial charge < -0.3 is 14.4 Å². The Hall–Kier alpha value is -3.45. The van der Waals surface area contributed by atoms with Gasteiger partial charge in [-0.2, -0.15) is 0 Å². The number of piperazine rings is 2. The number of amides is 1. The van der Waals surface area contributed by atoms with Crippen molar-refractivity contribution in [1.82, 2.24) is 14.7 Å². The second-order valence-corrected chi connectivity index (χ2v) is 10.1. The Morgan fingerprint density at radius 3 is 2.41 bits per heavy atom. The molecule has 3 aromatic carbocycles. The number of furan rings is 1. The van der Waals surface area contributed by atoms with Crippen molar-refractivity contribution in [2.75, 3.05) is 26.2 Å². The first-order chi connectivity index (χ1) is 18.1. The van der Waals surface area contributed by atoms with Gasteiger partial charge in [0, 0.05) is 50.1 Å². The van der Waals surface area contributed by atoms with Gasteiger partial charge >= 0.3 is 0 Å². The first-order valence-corrected chi connectivity index (χ1v) is 13.2. The highest BCUT2D eigenvalue weighted by Crippen LogP contribution is 2.30. The lowest BCUT2D eigenvalue weighted by Gasteiger charge is -2.49. The lowest BCUT2D eigenvalue weighted by Crippen LogP contribution is -2.68. The smallest absolute Gasteiger partial charge is 0.237 e. The zero-order valence-electron chi connectivity index (χ0n) is 21.2. The van der Waals surface area contributed by atoms with Gasteiger partial charge in [0.15, 0.2) is 0 Å². The number of hydrogen-bond acceptors (Lipinski definition) is 5.